The monoisotopic (exact) mass is 362 g/mol. The molecule has 0 atom stereocenters. The van der Waals surface area contributed by atoms with Crippen molar-refractivity contribution in [3.63, 3.8) is 0 Å². The van der Waals surface area contributed by atoms with Crippen LogP contribution < -0.4 is 10.1 Å². The number of carbonyl (C=O) groups is 2. The smallest absolute Gasteiger partial charge is 0.449 e. The van der Waals surface area contributed by atoms with Gasteiger partial charge in [-0.1, -0.05) is 60.7 Å². The number of benzene rings is 2. The van der Waals surface area contributed by atoms with Gasteiger partial charge in [0.2, 0.25) is 0 Å². The zero-order chi connectivity index (χ0) is 19.1. The summed E-state index contributed by atoms with van der Waals surface area (Å²) in [5.41, 5.74) is 2.39. The van der Waals surface area contributed by atoms with Gasteiger partial charge < -0.3 is 15.2 Å². The summed E-state index contributed by atoms with van der Waals surface area (Å²) < 4.78 is 4.49. The lowest BCUT2D eigenvalue weighted by atomic mass is 9.91. The highest BCUT2D eigenvalue weighted by Gasteiger charge is 2.16. The first-order valence-corrected chi connectivity index (χ1v) is 8.38. The summed E-state index contributed by atoms with van der Waals surface area (Å²) in [5, 5.41) is 11.5. The second-order valence-electron chi connectivity index (χ2n) is 5.83. The average molecular weight is 362 g/mol. The van der Waals surface area contributed by atoms with Crippen molar-refractivity contribution in [1.82, 2.24) is 10.3 Å². The molecule has 1 amide bonds. The number of carboxylic acid groups (broad SMARTS) is 1. The number of hydrogen-bond acceptors (Lipinski definition) is 4. The van der Waals surface area contributed by atoms with Gasteiger partial charge in [-0.2, -0.15) is 0 Å². The summed E-state index contributed by atoms with van der Waals surface area (Å²) in [6.45, 7) is 0.405. The molecule has 2 aromatic carbocycles. The minimum atomic E-state index is -1.43. The van der Waals surface area contributed by atoms with Gasteiger partial charge in [-0.15, -0.1) is 0 Å². The van der Waals surface area contributed by atoms with Crippen molar-refractivity contribution in [2.75, 3.05) is 6.54 Å². The Morgan fingerprint density at radius 2 is 1.52 bits per heavy atom. The third-order valence-corrected chi connectivity index (χ3v) is 4.04. The standard InChI is InChI=1S/C21H18N2O4/c24-20(19-12-11-17(13-22-19)27-21(25)26)23-14-18(15-7-3-1-4-8-15)16-9-5-2-6-10-16/h1-13,18H,14H2,(H,23,24)(H,25,26). The van der Waals surface area contributed by atoms with Crippen molar-refractivity contribution >= 4 is 12.1 Å². The fraction of sp³-hybridized carbons (Fsp3) is 0.0952. The zero-order valence-electron chi connectivity index (χ0n) is 14.4. The molecule has 6 heteroatoms. The second-order valence-corrected chi connectivity index (χ2v) is 5.83. The molecule has 0 aliphatic carbocycles. The van der Waals surface area contributed by atoms with Crippen LogP contribution in [0, 0.1) is 0 Å². The molecule has 0 fully saturated rings. The van der Waals surface area contributed by atoms with Crippen molar-refractivity contribution in [2.24, 2.45) is 0 Å². The van der Waals surface area contributed by atoms with Gasteiger partial charge in [0.25, 0.3) is 5.91 Å². The average Bonchev–Trinajstić information content (AvgIpc) is 2.70. The molecule has 0 aliphatic heterocycles. The number of nitrogens with one attached hydrogen (secondary N) is 1. The number of ether oxygens (including phenoxy) is 1. The third kappa shape index (κ3) is 4.92. The Balaban J connectivity index is 1.72. The van der Waals surface area contributed by atoms with E-state index in [0.29, 0.717) is 6.54 Å². The molecule has 0 unspecified atom stereocenters. The van der Waals surface area contributed by atoms with Gasteiger partial charge >= 0.3 is 6.16 Å². The van der Waals surface area contributed by atoms with Crippen molar-refractivity contribution in [3.05, 3.63) is 95.8 Å². The molecule has 0 radical (unpaired) electrons. The van der Waals surface area contributed by atoms with Gasteiger partial charge in [0.05, 0.1) is 6.20 Å². The molecular formula is C21H18N2O4. The molecular weight excluding hydrogens is 344 g/mol. The van der Waals surface area contributed by atoms with Gasteiger partial charge in [0.15, 0.2) is 5.75 Å². The predicted octanol–water partition coefficient (Wildman–Crippen LogP) is 3.70. The van der Waals surface area contributed by atoms with Gasteiger partial charge in [-0.25, -0.2) is 9.78 Å². The van der Waals surface area contributed by atoms with E-state index in [1.54, 1.807) is 0 Å². The Kier molecular flexibility index (Phi) is 5.79. The van der Waals surface area contributed by atoms with E-state index in [-0.39, 0.29) is 23.3 Å². The van der Waals surface area contributed by atoms with E-state index < -0.39 is 6.16 Å². The third-order valence-electron chi connectivity index (χ3n) is 4.04. The molecule has 3 rings (SSSR count). The number of rotatable bonds is 6. The largest absolute Gasteiger partial charge is 0.511 e. The molecule has 1 heterocycles. The summed E-state index contributed by atoms with van der Waals surface area (Å²) in [5.74, 6) is -0.273. The molecule has 136 valence electrons. The van der Waals surface area contributed by atoms with Crippen molar-refractivity contribution in [2.45, 2.75) is 5.92 Å². The first-order valence-electron chi connectivity index (χ1n) is 8.38. The molecule has 2 N–H and O–H groups in total. The van der Waals surface area contributed by atoms with Crippen LogP contribution in [-0.2, 0) is 0 Å². The van der Waals surface area contributed by atoms with Gasteiger partial charge in [-0.05, 0) is 23.3 Å². The minimum absolute atomic E-state index is 0.00552. The molecule has 0 saturated carbocycles. The molecule has 3 aromatic rings. The molecule has 1 aromatic heterocycles. The summed E-state index contributed by atoms with van der Waals surface area (Å²) in [6, 6.07) is 22.7. The van der Waals surface area contributed by atoms with Gasteiger partial charge in [0, 0.05) is 12.5 Å². The predicted molar refractivity (Wildman–Crippen MR) is 100.0 cm³/mol. The Labute approximate surface area is 156 Å². The highest BCUT2D eigenvalue weighted by Crippen LogP contribution is 2.23. The quantitative estimate of drug-likeness (QED) is 0.653. The Hall–Kier alpha value is -3.67. The Morgan fingerprint density at radius 3 is 2.00 bits per heavy atom. The van der Waals surface area contributed by atoms with E-state index in [1.165, 1.54) is 18.3 Å². The van der Waals surface area contributed by atoms with E-state index in [9.17, 15) is 9.59 Å². The van der Waals surface area contributed by atoms with Crippen molar-refractivity contribution in [3.8, 4) is 5.75 Å². The number of aromatic nitrogens is 1. The first kappa shape index (κ1) is 18.1. The van der Waals surface area contributed by atoms with Crippen LogP contribution >= 0.6 is 0 Å². The van der Waals surface area contributed by atoms with E-state index in [2.05, 4.69) is 15.0 Å². The lowest BCUT2D eigenvalue weighted by Crippen LogP contribution is -2.29. The van der Waals surface area contributed by atoms with Crippen LogP contribution in [0.3, 0.4) is 0 Å². The Morgan fingerprint density at radius 1 is 0.926 bits per heavy atom. The maximum atomic E-state index is 12.4. The molecule has 0 aliphatic rings. The van der Waals surface area contributed by atoms with Crippen LogP contribution in [0.25, 0.3) is 0 Å². The lowest BCUT2D eigenvalue weighted by Gasteiger charge is -2.18. The number of hydrogen-bond donors (Lipinski definition) is 2. The highest BCUT2D eigenvalue weighted by molar-refractivity contribution is 5.92. The van der Waals surface area contributed by atoms with Gasteiger partial charge in [-0.3, -0.25) is 4.79 Å². The van der Waals surface area contributed by atoms with Gasteiger partial charge in [0.1, 0.15) is 5.69 Å². The first-order chi connectivity index (χ1) is 13.1. The number of carbonyl (C=O) groups excluding carboxylic acids is 1. The van der Waals surface area contributed by atoms with E-state index in [0.717, 1.165) is 11.1 Å². The zero-order valence-corrected chi connectivity index (χ0v) is 14.4. The summed E-state index contributed by atoms with van der Waals surface area (Å²) in [6.07, 6.45) is -0.225. The highest BCUT2D eigenvalue weighted by atomic mass is 16.7. The molecule has 0 spiro atoms. The van der Waals surface area contributed by atoms with Crippen LogP contribution in [0.5, 0.6) is 5.75 Å². The van der Waals surface area contributed by atoms with Crippen LogP contribution in [0.15, 0.2) is 79.0 Å². The Bertz CT molecular complexity index is 857. The van der Waals surface area contributed by atoms with Crippen molar-refractivity contribution < 1.29 is 19.4 Å². The second kappa shape index (κ2) is 8.62. The van der Waals surface area contributed by atoms with Crippen LogP contribution in [0.4, 0.5) is 4.79 Å². The van der Waals surface area contributed by atoms with Crippen molar-refractivity contribution in [1.29, 1.82) is 0 Å². The summed E-state index contributed by atoms with van der Waals surface area (Å²) in [4.78, 5) is 26.9. The van der Waals surface area contributed by atoms with Crippen LogP contribution in [0.1, 0.15) is 27.5 Å². The summed E-state index contributed by atoms with van der Waals surface area (Å²) >= 11 is 0. The normalized spacial score (nSPS) is 10.4. The SMILES string of the molecule is O=C(O)Oc1ccc(C(=O)NCC(c2ccccc2)c2ccccc2)nc1. The molecule has 27 heavy (non-hydrogen) atoms. The molecule has 6 nitrogen and oxygen atoms in total. The number of amides is 1. The maximum absolute atomic E-state index is 12.4. The van der Waals surface area contributed by atoms with Crippen LogP contribution in [0.2, 0.25) is 0 Å². The summed E-state index contributed by atoms with van der Waals surface area (Å²) in [7, 11) is 0. The van der Waals surface area contributed by atoms with Crippen LogP contribution in [-0.4, -0.2) is 28.7 Å². The lowest BCUT2D eigenvalue weighted by molar-refractivity contribution is 0.0947. The van der Waals surface area contributed by atoms with E-state index >= 15 is 0 Å². The van der Waals surface area contributed by atoms with E-state index in [4.69, 9.17) is 5.11 Å². The number of nitrogens with zero attached hydrogens (tertiary/aromatic N) is 1. The molecule has 0 saturated heterocycles. The molecule has 0 bridgehead atoms. The maximum Gasteiger partial charge on any atom is 0.511 e. The topological polar surface area (TPSA) is 88.5 Å². The fourth-order valence-electron chi connectivity index (χ4n) is 2.76. The number of pyridine rings is 1. The van der Waals surface area contributed by atoms with E-state index in [1.807, 2.05) is 60.7 Å². The fourth-order valence-corrected chi connectivity index (χ4v) is 2.76. The minimum Gasteiger partial charge on any atom is -0.449 e.